The first-order chi connectivity index (χ1) is 9.53. The predicted octanol–water partition coefficient (Wildman–Crippen LogP) is 2.05. The SMILES string of the molecule is COc1cc(C)c(C2(O)CC3CCCC(C2)S3=O)cn1. The fraction of sp³-hybridized carbons (Fsp3) is 0.667. The van der Waals surface area contributed by atoms with Crippen molar-refractivity contribution in [2.24, 2.45) is 0 Å². The van der Waals surface area contributed by atoms with Crippen molar-refractivity contribution in [3.63, 3.8) is 0 Å². The van der Waals surface area contributed by atoms with Gasteiger partial charge in [-0.1, -0.05) is 6.42 Å². The van der Waals surface area contributed by atoms with E-state index < -0.39 is 16.4 Å². The van der Waals surface area contributed by atoms with E-state index in [1.165, 1.54) is 0 Å². The Morgan fingerprint density at radius 2 is 2.05 bits per heavy atom. The van der Waals surface area contributed by atoms with Crippen LogP contribution in [0.25, 0.3) is 0 Å². The molecule has 0 spiro atoms. The van der Waals surface area contributed by atoms with Crippen LogP contribution in [0.3, 0.4) is 0 Å². The minimum absolute atomic E-state index is 0.133. The molecule has 0 radical (unpaired) electrons. The van der Waals surface area contributed by atoms with Crippen molar-refractivity contribution in [2.75, 3.05) is 7.11 Å². The normalized spacial score (nSPS) is 36.6. The van der Waals surface area contributed by atoms with Gasteiger partial charge in [0.2, 0.25) is 5.88 Å². The molecule has 0 amide bonds. The van der Waals surface area contributed by atoms with Crippen molar-refractivity contribution in [1.29, 1.82) is 0 Å². The number of rotatable bonds is 2. The first-order valence-corrected chi connectivity index (χ1v) is 8.44. The third kappa shape index (κ3) is 2.27. The monoisotopic (exact) mass is 295 g/mol. The van der Waals surface area contributed by atoms with Crippen LogP contribution >= 0.6 is 0 Å². The molecular formula is C15H21NO3S. The summed E-state index contributed by atoms with van der Waals surface area (Å²) in [7, 11) is 0.814. The van der Waals surface area contributed by atoms with Crippen molar-refractivity contribution < 1.29 is 14.1 Å². The molecule has 110 valence electrons. The highest BCUT2D eigenvalue weighted by atomic mass is 32.2. The van der Waals surface area contributed by atoms with Gasteiger partial charge in [0.05, 0.1) is 12.7 Å². The summed E-state index contributed by atoms with van der Waals surface area (Å²) in [6, 6.07) is 1.86. The standard InChI is InChI=1S/C15H21NO3S/c1-10-6-14(19-2)16-9-13(10)15(17)7-11-4-3-5-12(8-15)20(11)18/h6,9,11-12,17H,3-5,7-8H2,1-2H3. The van der Waals surface area contributed by atoms with Gasteiger partial charge in [-0.05, 0) is 38.2 Å². The third-order valence-corrected chi connectivity index (χ3v) is 6.76. The van der Waals surface area contributed by atoms with Gasteiger partial charge < -0.3 is 9.84 Å². The van der Waals surface area contributed by atoms with E-state index in [1.54, 1.807) is 13.3 Å². The lowest BCUT2D eigenvalue weighted by Crippen LogP contribution is -2.47. The van der Waals surface area contributed by atoms with Crippen LogP contribution in [0, 0.1) is 6.92 Å². The zero-order valence-electron chi connectivity index (χ0n) is 12.0. The van der Waals surface area contributed by atoms with Crippen molar-refractivity contribution >= 4 is 10.8 Å². The van der Waals surface area contributed by atoms with Crippen LogP contribution in [0.4, 0.5) is 0 Å². The van der Waals surface area contributed by atoms with E-state index in [0.29, 0.717) is 18.7 Å². The Hall–Kier alpha value is -0.940. The molecule has 2 fully saturated rings. The first-order valence-electron chi connectivity index (χ1n) is 7.16. The quantitative estimate of drug-likeness (QED) is 0.907. The van der Waals surface area contributed by atoms with Crippen LogP contribution in [0.1, 0.15) is 43.2 Å². The van der Waals surface area contributed by atoms with Gasteiger partial charge in [-0.3, -0.25) is 4.21 Å². The Balaban J connectivity index is 1.95. The van der Waals surface area contributed by atoms with E-state index in [1.807, 2.05) is 13.0 Å². The number of nitrogens with zero attached hydrogens (tertiary/aromatic N) is 1. The fourth-order valence-corrected chi connectivity index (χ4v) is 5.85. The molecule has 0 aliphatic carbocycles. The Kier molecular flexibility index (Phi) is 3.58. The molecule has 2 saturated heterocycles. The van der Waals surface area contributed by atoms with Crippen molar-refractivity contribution in [3.05, 3.63) is 23.4 Å². The smallest absolute Gasteiger partial charge is 0.213 e. The second-order valence-corrected chi connectivity index (χ2v) is 7.98. The van der Waals surface area contributed by atoms with Gasteiger partial charge >= 0.3 is 0 Å². The minimum Gasteiger partial charge on any atom is -0.481 e. The van der Waals surface area contributed by atoms with Gasteiger partial charge in [0.25, 0.3) is 0 Å². The lowest BCUT2D eigenvalue weighted by molar-refractivity contribution is 0.00561. The van der Waals surface area contributed by atoms with Crippen molar-refractivity contribution in [1.82, 2.24) is 4.98 Å². The topological polar surface area (TPSA) is 59.4 Å². The predicted molar refractivity (Wildman–Crippen MR) is 78.2 cm³/mol. The number of aliphatic hydroxyl groups is 1. The number of aromatic nitrogens is 1. The molecule has 2 aliphatic rings. The molecule has 1 aromatic rings. The molecule has 4 nitrogen and oxygen atoms in total. The van der Waals surface area contributed by atoms with E-state index in [-0.39, 0.29) is 10.5 Å². The molecule has 0 saturated carbocycles. The summed E-state index contributed by atoms with van der Waals surface area (Å²) in [4.78, 5) is 4.23. The van der Waals surface area contributed by atoms with Crippen molar-refractivity contribution in [2.45, 2.75) is 55.1 Å². The average molecular weight is 295 g/mol. The summed E-state index contributed by atoms with van der Waals surface area (Å²) in [5.41, 5.74) is 0.976. The molecule has 2 atom stereocenters. The number of pyridine rings is 1. The minimum atomic E-state index is -0.882. The number of hydrogen-bond acceptors (Lipinski definition) is 4. The van der Waals surface area contributed by atoms with Gasteiger partial charge in [-0.15, -0.1) is 0 Å². The second-order valence-electron chi connectivity index (χ2n) is 5.98. The number of aryl methyl sites for hydroxylation is 1. The molecule has 3 heterocycles. The number of hydrogen-bond donors (Lipinski definition) is 1. The Labute approximate surface area is 122 Å². The van der Waals surface area contributed by atoms with E-state index in [4.69, 9.17) is 4.74 Å². The van der Waals surface area contributed by atoms with Crippen LogP contribution in [0.15, 0.2) is 12.3 Å². The first kappa shape index (κ1) is 14.0. The van der Waals surface area contributed by atoms with Gasteiger partial charge in [-0.25, -0.2) is 4.98 Å². The van der Waals surface area contributed by atoms with Gasteiger partial charge in [-0.2, -0.15) is 0 Å². The molecule has 5 heteroatoms. The van der Waals surface area contributed by atoms with E-state index in [2.05, 4.69) is 4.98 Å². The van der Waals surface area contributed by atoms with E-state index in [0.717, 1.165) is 30.4 Å². The fourth-order valence-electron chi connectivity index (χ4n) is 3.63. The average Bonchev–Trinajstić information content (AvgIpc) is 2.40. The molecular weight excluding hydrogens is 274 g/mol. The van der Waals surface area contributed by atoms with E-state index in [9.17, 15) is 9.32 Å². The van der Waals surface area contributed by atoms with Gasteiger partial charge in [0.1, 0.15) is 0 Å². The van der Waals surface area contributed by atoms with Crippen LogP contribution in [0.5, 0.6) is 5.88 Å². The third-order valence-electron chi connectivity index (χ3n) is 4.64. The molecule has 20 heavy (non-hydrogen) atoms. The molecule has 1 aromatic heterocycles. The van der Waals surface area contributed by atoms with Gasteiger partial charge in [0, 0.05) is 39.1 Å². The largest absolute Gasteiger partial charge is 0.481 e. The molecule has 3 rings (SSSR count). The lowest BCUT2D eigenvalue weighted by atomic mass is 9.79. The second kappa shape index (κ2) is 5.11. The highest BCUT2D eigenvalue weighted by molar-refractivity contribution is 7.86. The summed E-state index contributed by atoms with van der Waals surface area (Å²) in [5.74, 6) is 0.564. The number of methoxy groups -OCH3 is 1. The molecule has 2 aliphatic heterocycles. The maximum atomic E-state index is 12.3. The molecule has 0 aromatic carbocycles. The van der Waals surface area contributed by atoms with Crippen LogP contribution in [-0.4, -0.2) is 31.9 Å². The number of fused-ring (bicyclic) bond motifs is 2. The summed E-state index contributed by atoms with van der Waals surface area (Å²) < 4.78 is 17.4. The Morgan fingerprint density at radius 1 is 1.40 bits per heavy atom. The number of ether oxygens (including phenoxy) is 1. The highest BCUT2D eigenvalue weighted by Crippen LogP contribution is 2.45. The van der Waals surface area contributed by atoms with Crippen LogP contribution in [-0.2, 0) is 16.4 Å². The Bertz CT molecular complexity index is 530. The summed E-state index contributed by atoms with van der Waals surface area (Å²) in [6.07, 6.45) is 5.97. The van der Waals surface area contributed by atoms with Gasteiger partial charge in [0.15, 0.2) is 0 Å². The zero-order valence-corrected chi connectivity index (χ0v) is 12.8. The van der Waals surface area contributed by atoms with Crippen LogP contribution in [0.2, 0.25) is 0 Å². The van der Waals surface area contributed by atoms with E-state index >= 15 is 0 Å². The van der Waals surface area contributed by atoms with Crippen molar-refractivity contribution in [3.8, 4) is 5.88 Å². The lowest BCUT2D eigenvalue weighted by Gasteiger charge is -2.44. The molecule has 2 bridgehead atoms. The van der Waals surface area contributed by atoms with Crippen LogP contribution < -0.4 is 4.74 Å². The maximum absolute atomic E-state index is 12.3. The Morgan fingerprint density at radius 3 is 2.60 bits per heavy atom. The summed E-state index contributed by atoms with van der Waals surface area (Å²) >= 11 is 0. The summed E-state index contributed by atoms with van der Waals surface area (Å²) in [6.45, 7) is 1.97. The molecule has 1 N–H and O–H groups in total. The highest BCUT2D eigenvalue weighted by Gasteiger charge is 2.47. The zero-order chi connectivity index (χ0) is 14.3. The summed E-state index contributed by atoms with van der Waals surface area (Å²) in [5, 5.41) is 11.4. The molecule has 2 unspecified atom stereocenters. The maximum Gasteiger partial charge on any atom is 0.213 e.